The predicted octanol–water partition coefficient (Wildman–Crippen LogP) is 6.08. The van der Waals surface area contributed by atoms with E-state index >= 15 is 0 Å². The van der Waals surface area contributed by atoms with Crippen LogP contribution in [0, 0.1) is 0 Å². The van der Waals surface area contributed by atoms with Crippen molar-refractivity contribution in [3.8, 4) is 11.5 Å². The first kappa shape index (κ1) is 16.1. The van der Waals surface area contributed by atoms with Gasteiger partial charge in [-0.15, -0.1) is 0 Å². The minimum Gasteiger partial charge on any atom is -0.457 e. The van der Waals surface area contributed by atoms with E-state index < -0.39 is 0 Å². The molecule has 0 saturated heterocycles. The molecule has 0 bridgehead atoms. The summed E-state index contributed by atoms with van der Waals surface area (Å²) in [6.45, 7) is 0. The minimum absolute atomic E-state index is 0.0738. The van der Waals surface area contributed by atoms with E-state index in [9.17, 15) is 0 Å². The molecule has 0 aliphatic carbocycles. The summed E-state index contributed by atoms with van der Waals surface area (Å²) in [6, 6.07) is 17.0. The summed E-state index contributed by atoms with van der Waals surface area (Å²) < 4.78 is 6.29. The van der Waals surface area contributed by atoms with Crippen molar-refractivity contribution in [2.75, 3.05) is 5.32 Å². The SMILES string of the molecule is Clc1nc(Cl)c(Br)c(Nc2ccc(Oc3ccccc3)cc2)n1. The number of para-hydroxylation sites is 1. The van der Waals surface area contributed by atoms with Crippen LogP contribution < -0.4 is 10.1 Å². The second kappa shape index (κ2) is 7.17. The summed E-state index contributed by atoms with van der Waals surface area (Å²) in [5, 5.41) is 3.44. The molecule has 0 saturated carbocycles. The Labute approximate surface area is 151 Å². The zero-order valence-corrected chi connectivity index (χ0v) is 14.7. The van der Waals surface area contributed by atoms with Crippen LogP contribution in [-0.4, -0.2) is 9.97 Å². The van der Waals surface area contributed by atoms with Gasteiger partial charge in [-0.3, -0.25) is 0 Å². The van der Waals surface area contributed by atoms with Crippen molar-refractivity contribution in [3.63, 3.8) is 0 Å². The molecular formula is C16H10BrCl2N3O. The van der Waals surface area contributed by atoms with E-state index in [0.29, 0.717) is 10.3 Å². The molecule has 3 aromatic rings. The summed E-state index contributed by atoms with van der Waals surface area (Å²) in [6.07, 6.45) is 0. The number of anilines is 2. The third-order valence-electron chi connectivity index (χ3n) is 2.88. The standard InChI is InChI=1S/C16H10BrCl2N3O/c17-13-14(18)21-16(19)22-15(13)20-10-6-8-12(9-7-10)23-11-4-2-1-3-5-11/h1-9H,(H,20,21,22). The Balaban J connectivity index is 1.75. The zero-order valence-electron chi connectivity index (χ0n) is 11.6. The van der Waals surface area contributed by atoms with Gasteiger partial charge in [-0.25, -0.2) is 4.98 Å². The number of halogens is 3. The monoisotopic (exact) mass is 409 g/mol. The van der Waals surface area contributed by atoms with Gasteiger partial charge in [0.15, 0.2) is 5.82 Å². The maximum Gasteiger partial charge on any atom is 0.225 e. The highest BCUT2D eigenvalue weighted by Gasteiger charge is 2.10. The number of rotatable bonds is 4. The first-order chi connectivity index (χ1) is 11.1. The van der Waals surface area contributed by atoms with Crippen molar-refractivity contribution in [3.05, 3.63) is 69.5 Å². The van der Waals surface area contributed by atoms with Gasteiger partial charge in [-0.2, -0.15) is 4.98 Å². The predicted molar refractivity (Wildman–Crippen MR) is 96.0 cm³/mol. The second-order valence-electron chi connectivity index (χ2n) is 4.51. The van der Waals surface area contributed by atoms with E-state index in [1.807, 2.05) is 54.6 Å². The molecule has 0 atom stereocenters. The Morgan fingerprint density at radius 3 is 2.22 bits per heavy atom. The molecule has 1 heterocycles. The molecule has 2 aromatic carbocycles. The van der Waals surface area contributed by atoms with E-state index in [4.69, 9.17) is 27.9 Å². The molecule has 1 aromatic heterocycles. The topological polar surface area (TPSA) is 47.0 Å². The molecule has 0 radical (unpaired) electrons. The Morgan fingerprint density at radius 1 is 0.870 bits per heavy atom. The summed E-state index contributed by atoms with van der Waals surface area (Å²) in [4.78, 5) is 7.95. The van der Waals surface area contributed by atoms with E-state index in [1.165, 1.54) is 0 Å². The van der Waals surface area contributed by atoms with E-state index in [-0.39, 0.29) is 10.4 Å². The van der Waals surface area contributed by atoms with Crippen molar-refractivity contribution in [1.82, 2.24) is 9.97 Å². The number of nitrogens with one attached hydrogen (secondary N) is 1. The van der Waals surface area contributed by atoms with Gasteiger partial charge in [0, 0.05) is 5.69 Å². The lowest BCUT2D eigenvalue weighted by Gasteiger charge is -2.10. The molecular weight excluding hydrogens is 401 g/mol. The van der Waals surface area contributed by atoms with Crippen molar-refractivity contribution in [1.29, 1.82) is 0 Å². The van der Waals surface area contributed by atoms with Crippen LogP contribution in [0.3, 0.4) is 0 Å². The average molecular weight is 411 g/mol. The number of hydrogen-bond donors (Lipinski definition) is 1. The lowest BCUT2D eigenvalue weighted by atomic mass is 10.3. The van der Waals surface area contributed by atoms with E-state index in [1.54, 1.807) is 0 Å². The van der Waals surface area contributed by atoms with Crippen LogP contribution in [0.5, 0.6) is 11.5 Å². The summed E-state index contributed by atoms with van der Waals surface area (Å²) in [7, 11) is 0. The summed E-state index contributed by atoms with van der Waals surface area (Å²) >= 11 is 15.1. The molecule has 0 aliphatic rings. The van der Waals surface area contributed by atoms with Gasteiger partial charge in [0.05, 0.1) is 4.47 Å². The third-order valence-corrected chi connectivity index (χ3v) is 4.30. The second-order valence-corrected chi connectivity index (χ2v) is 6.00. The van der Waals surface area contributed by atoms with Crippen LogP contribution in [0.4, 0.5) is 11.5 Å². The fraction of sp³-hybridized carbons (Fsp3) is 0. The Bertz CT molecular complexity index is 814. The Morgan fingerprint density at radius 2 is 1.52 bits per heavy atom. The maximum atomic E-state index is 5.96. The highest BCUT2D eigenvalue weighted by atomic mass is 79.9. The van der Waals surface area contributed by atoms with Crippen LogP contribution in [0.1, 0.15) is 0 Å². The molecule has 0 unspecified atom stereocenters. The third kappa shape index (κ3) is 4.13. The first-order valence-corrected chi connectivity index (χ1v) is 8.15. The highest BCUT2D eigenvalue weighted by Crippen LogP contribution is 2.31. The Hall–Kier alpha value is -1.82. The number of nitrogens with zero attached hydrogens (tertiary/aromatic N) is 2. The maximum absolute atomic E-state index is 5.96. The van der Waals surface area contributed by atoms with Crippen LogP contribution in [0.25, 0.3) is 0 Å². The van der Waals surface area contributed by atoms with Gasteiger partial charge < -0.3 is 10.1 Å². The molecule has 0 fully saturated rings. The molecule has 4 nitrogen and oxygen atoms in total. The number of benzene rings is 2. The Kier molecular flexibility index (Phi) is 5.00. The van der Waals surface area contributed by atoms with Gasteiger partial charge in [0.25, 0.3) is 0 Å². The molecule has 7 heteroatoms. The van der Waals surface area contributed by atoms with E-state index in [0.717, 1.165) is 17.2 Å². The van der Waals surface area contributed by atoms with Gasteiger partial charge in [0.1, 0.15) is 16.7 Å². The average Bonchev–Trinajstić information content (AvgIpc) is 2.55. The largest absolute Gasteiger partial charge is 0.457 e. The normalized spacial score (nSPS) is 10.4. The van der Waals surface area contributed by atoms with E-state index in [2.05, 4.69) is 31.2 Å². The van der Waals surface area contributed by atoms with Gasteiger partial charge in [-0.1, -0.05) is 29.8 Å². The van der Waals surface area contributed by atoms with Crippen LogP contribution in [0.2, 0.25) is 10.4 Å². The van der Waals surface area contributed by atoms with Gasteiger partial charge in [0.2, 0.25) is 5.28 Å². The van der Waals surface area contributed by atoms with Gasteiger partial charge in [-0.05, 0) is 63.9 Å². The first-order valence-electron chi connectivity index (χ1n) is 6.60. The van der Waals surface area contributed by atoms with Crippen molar-refractivity contribution < 1.29 is 4.74 Å². The highest BCUT2D eigenvalue weighted by molar-refractivity contribution is 9.10. The number of aromatic nitrogens is 2. The smallest absolute Gasteiger partial charge is 0.225 e. The fourth-order valence-corrected chi connectivity index (χ4v) is 2.50. The molecule has 1 N–H and O–H groups in total. The van der Waals surface area contributed by atoms with Crippen LogP contribution in [-0.2, 0) is 0 Å². The van der Waals surface area contributed by atoms with Gasteiger partial charge >= 0.3 is 0 Å². The van der Waals surface area contributed by atoms with Crippen molar-refractivity contribution in [2.24, 2.45) is 0 Å². The minimum atomic E-state index is 0.0738. The summed E-state index contributed by atoms with van der Waals surface area (Å²) in [5.41, 5.74) is 0.817. The molecule has 0 amide bonds. The summed E-state index contributed by atoms with van der Waals surface area (Å²) in [5.74, 6) is 2.01. The van der Waals surface area contributed by atoms with Crippen LogP contribution in [0.15, 0.2) is 59.1 Å². The lowest BCUT2D eigenvalue weighted by molar-refractivity contribution is 0.483. The molecule has 0 aliphatic heterocycles. The lowest BCUT2D eigenvalue weighted by Crippen LogP contribution is -1.97. The quantitative estimate of drug-likeness (QED) is 0.418. The van der Waals surface area contributed by atoms with Crippen LogP contribution >= 0.6 is 39.1 Å². The van der Waals surface area contributed by atoms with Crippen molar-refractivity contribution >= 4 is 50.6 Å². The molecule has 23 heavy (non-hydrogen) atoms. The number of ether oxygens (including phenoxy) is 1. The number of hydrogen-bond acceptors (Lipinski definition) is 4. The molecule has 116 valence electrons. The van der Waals surface area contributed by atoms with Crippen molar-refractivity contribution in [2.45, 2.75) is 0 Å². The molecule has 3 rings (SSSR count). The fourth-order valence-electron chi connectivity index (χ4n) is 1.84. The zero-order chi connectivity index (χ0) is 16.2. The molecule has 0 spiro atoms.